The quantitative estimate of drug-likeness (QED) is 0.469. The molecule has 1 aromatic carbocycles. The van der Waals surface area contributed by atoms with Gasteiger partial charge in [-0.05, 0) is 47.6 Å². The van der Waals surface area contributed by atoms with Crippen LogP contribution in [0.1, 0.15) is 41.5 Å². The van der Waals surface area contributed by atoms with Gasteiger partial charge in [0.1, 0.15) is 17.2 Å². The third-order valence-electron chi connectivity index (χ3n) is 4.15. The van der Waals surface area contributed by atoms with Crippen LogP contribution in [0.3, 0.4) is 0 Å². The monoisotopic (exact) mass is 520 g/mol. The first-order valence-corrected chi connectivity index (χ1v) is 10.1. The summed E-state index contributed by atoms with van der Waals surface area (Å²) in [5.41, 5.74) is 7.86. The number of aryl methyl sites for hydroxylation is 1. The lowest BCUT2D eigenvalue weighted by molar-refractivity contribution is 0.102. The normalized spacial score (nSPS) is 10.7. The van der Waals surface area contributed by atoms with E-state index in [2.05, 4.69) is 61.7 Å². The number of nitrogen functional groups attached to an aromatic ring is 1. The molecular formula is C20H21IN6O3. The number of nitrogens with zero attached hydrogens (tertiary/aromatic N) is 4. The zero-order chi connectivity index (χ0) is 21.8. The Morgan fingerprint density at radius 3 is 2.47 bits per heavy atom. The van der Waals surface area contributed by atoms with Gasteiger partial charge >= 0.3 is 0 Å². The van der Waals surface area contributed by atoms with Gasteiger partial charge in [-0.3, -0.25) is 15.1 Å². The number of carbonyl (C=O) groups is 1. The summed E-state index contributed by atoms with van der Waals surface area (Å²) in [6, 6.07) is 3.82. The van der Waals surface area contributed by atoms with Gasteiger partial charge in [0.15, 0.2) is 11.6 Å². The molecule has 156 valence electrons. The Bertz CT molecular complexity index is 1070. The van der Waals surface area contributed by atoms with Gasteiger partial charge in [0.25, 0.3) is 5.91 Å². The summed E-state index contributed by atoms with van der Waals surface area (Å²) < 4.78 is 12.3. The Hall–Kier alpha value is -3.02. The Kier molecular flexibility index (Phi) is 6.65. The number of methoxy groups -OCH3 is 1. The van der Waals surface area contributed by atoms with Crippen molar-refractivity contribution in [3.63, 3.8) is 0 Å². The van der Waals surface area contributed by atoms with Gasteiger partial charge in [-0.15, -0.1) is 0 Å². The Morgan fingerprint density at radius 1 is 1.10 bits per heavy atom. The van der Waals surface area contributed by atoms with E-state index in [4.69, 9.17) is 15.2 Å². The van der Waals surface area contributed by atoms with Crippen molar-refractivity contribution in [3.8, 4) is 17.2 Å². The SMILES string of the molecule is COc1cc(C(C)C)c(Oc2cnc(NC(=O)c3cnc(C)cn3)nc2N)cc1I. The van der Waals surface area contributed by atoms with Crippen molar-refractivity contribution in [1.29, 1.82) is 0 Å². The summed E-state index contributed by atoms with van der Waals surface area (Å²) in [7, 11) is 1.63. The van der Waals surface area contributed by atoms with Crippen LogP contribution in [0.2, 0.25) is 0 Å². The first-order chi connectivity index (χ1) is 14.3. The maximum Gasteiger partial charge on any atom is 0.278 e. The maximum absolute atomic E-state index is 12.3. The van der Waals surface area contributed by atoms with Gasteiger partial charge in [0.2, 0.25) is 5.95 Å². The van der Waals surface area contributed by atoms with Crippen LogP contribution >= 0.6 is 22.6 Å². The summed E-state index contributed by atoms with van der Waals surface area (Å²) >= 11 is 2.18. The van der Waals surface area contributed by atoms with E-state index < -0.39 is 5.91 Å². The number of halogens is 1. The number of hydrogen-bond donors (Lipinski definition) is 2. The number of nitrogens with one attached hydrogen (secondary N) is 1. The highest BCUT2D eigenvalue weighted by Crippen LogP contribution is 2.37. The van der Waals surface area contributed by atoms with E-state index in [-0.39, 0.29) is 29.1 Å². The molecule has 0 spiro atoms. The molecule has 0 bridgehead atoms. The van der Waals surface area contributed by atoms with Crippen LogP contribution in [0.5, 0.6) is 17.2 Å². The van der Waals surface area contributed by atoms with Crippen molar-refractivity contribution in [3.05, 3.63) is 51.2 Å². The minimum atomic E-state index is -0.484. The van der Waals surface area contributed by atoms with Crippen LogP contribution in [0.4, 0.5) is 11.8 Å². The van der Waals surface area contributed by atoms with Crippen molar-refractivity contribution in [1.82, 2.24) is 19.9 Å². The Balaban J connectivity index is 1.81. The number of anilines is 2. The second kappa shape index (κ2) is 9.20. The molecule has 30 heavy (non-hydrogen) atoms. The molecule has 1 amide bonds. The highest BCUT2D eigenvalue weighted by Gasteiger charge is 2.17. The molecule has 9 nitrogen and oxygen atoms in total. The minimum Gasteiger partial charge on any atom is -0.496 e. The van der Waals surface area contributed by atoms with E-state index in [1.54, 1.807) is 14.0 Å². The fourth-order valence-corrected chi connectivity index (χ4v) is 3.22. The lowest BCUT2D eigenvalue weighted by Gasteiger charge is -2.17. The molecule has 2 heterocycles. The minimum absolute atomic E-state index is 0.0422. The molecule has 0 saturated carbocycles. The van der Waals surface area contributed by atoms with Crippen LogP contribution < -0.4 is 20.5 Å². The van der Waals surface area contributed by atoms with Gasteiger partial charge in [0, 0.05) is 11.8 Å². The summed E-state index contributed by atoms with van der Waals surface area (Å²) in [5.74, 6) is 1.54. The number of carbonyl (C=O) groups excluding carboxylic acids is 1. The number of nitrogens with two attached hydrogens (primary N) is 1. The lowest BCUT2D eigenvalue weighted by atomic mass is 10.0. The first kappa shape index (κ1) is 21.7. The summed E-state index contributed by atoms with van der Waals surface area (Å²) in [6.07, 6.45) is 4.30. The molecule has 10 heteroatoms. The predicted molar refractivity (Wildman–Crippen MR) is 121 cm³/mol. The summed E-state index contributed by atoms with van der Waals surface area (Å²) in [4.78, 5) is 28.6. The summed E-state index contributed by atoms with van der Waals surface area (Å²) in [6.45, 7) is 5.90. The molecule has 0 radical (unpaired) electrons. The average Bonchev–Trinajstić information content (AvgIpc) is 2.70. The highest BCUT2D eigenvalue weighted by atomic mass is 127. The molecule has 0 saturated heterocycles. The third-order valence-corrected chi connectivity index (χ3v) is 4.99. The molecule has 2 aromatic heterocycles. The second-order valence-corrected chi connectivity index (χ2v) is 7.88. The topological polar surface area (TPSA) is 125 Å². The van der Waals surface area contributed by atoms with Crippen LogP contribution in [0.25, 0.3) is 0 Å². The van der Waals surface area contributed by atoms with Crippen molar-refractivity contribution in [2.75, 3.05) is 18.2 Å². The molecule has 3 aromatic rings. The largest absolute Gasteiger partial charge is 0.496 e. The van der Waals surface area contributed by atoms with Gasteiger partial charge in [-0.2, -0.15) is 4.98 Å². The van der Waals surface area contributed by atoms with E-state index in [0.717, 1.165) is 14.9 Å². The highest BCUT2D eigenvalue weighted by molar-refractivity contribution is 14.1. The number of rotatable bonds is 6. The number of ether oxygens (including phenoxy) is 2. The average molecular weight is 520 g/mol. The molecule has 0 aliphatic carbocycles. The van der Waals surface area contributed by atoms with Crippen LogP contribution in [-0.4, -0.2) is 33.0 Å². The van der Waals surface area contributed by atoms with Crippen LogP contribution in [-0.2, 0) is 0 Å². The lowest BCUT2D eigenvalue weighted by Crippen LogP contribution is -2.16. The fourth-order valence-electron chi connectivity index (χ4n) is 2.56. The van der Waals surface area contributed by atoms with E-state index >= 15 is 0 Å². The van der Waals surface area contributed by atoms with Gasteiger partial charge in [-0.25, -0.2) is 9.97 Å². The zero-order valence-electron chi connectivity index (χ0n) is 16.9. The maximum atomic E-state index is 12.3. The van der Waals surface area contributed by atoms with E-state index in [1.165, 1.54) is 18.6 Å². The molecule has 0 fully saturated rings. The van der Waals surface area contributed by atoms with Gasteiger partial charge in [0.05, 0.1) is 28.8 Å². The fraction of sp³-hybridized carbons (Fsp3) is 0.250. The smallest absolute Gasteiger partial charge is 0.278 e. The van der Waals surface area contributed by atoms with Crippen molar-refractivity contribution >= 4 is 40.3 Å². The van der Waals surface area contributed by atoms with Gasteiger partial charge < -0.3 is 15.2 Å². The van der Waals surface area contributed by atoms with Crippen LogP contribution in [0, 0.1) is 10.5 Å². The number of benzene rings is 1. The van der Waals surface area contributed by atoms with Crippen molar-refractivity contribution in [2.24, 2.45) is 0 Å². The second-order valence-electron chi connectivity index (χ2n) is 6.72. The molecule has 3 N–H and O–H groups in total. The number of hydrogen-bond acceptors (Lipinski definition) is 8. The zero-order valence-corrected chi connectivity index (χ0v) is 19.1. The predicted octanol–water partition coefficient (Wildman–Crippen LogP) is 3.94. The number of amides is 1. The number of aromatic nitrogens is 4. The molecule has 3 rings (SSSR count). The molecular weight excluding hydrogens is 499 g/mol. The van der Waals surface area contributed by atoms with Crippen molar-refractivity contribution < 1.29 is 14.3 Å². The van der Waals surface area contributed by atoms with E-state index in [9.17, 15) is 4.79 Å². The molecule has 0 aliphatic rings. The summed E-state index contributed by atoms with van der Waals surface area (Å²) in [5, 5.41) is 2.55. The molecule has 0 aliphatic heterocycles. The van der Waals surface area contributed by atoms with Gasteiger partial charge in [-0.1, -0.05) is 13.8 Å². The van der Waals surface area contributed by atoms with Crippen LogP contribution in [0.15, 0.2) is 30.7 Å². The molecule has 0 atom stereocenters. The Morgan fingerprint density at radius 2 is 1.87 bits per heavy atom. The standard InChI is InChI=1S/C20H21IN6O3/c1-10(2)12-5-16(29-4)13(21)6-15(12)30-17-9-25-20(26-18(17)22)27-19(28)14-8-23-11(3)7-24-14/h5-10H,1-4H3,(H3,22,25,26,27,28). The Labute approximate surface area is 187 Å². The molecule has 0 unspecified atom stereocenters. The van der Waals surface area contributed by atoms with Crippen molar-refractivity contribution in [2.45, 2.75) is 26.7 Å². The van der Waals surface area contributed by atoms with E-state index in [1.807, 2.05) is 12.1 Å². The first-order valence-electron chi connectivity index (χ1n) is 9.06. The third kappa shape index (κ3) is 4.93. The van der Waals surface area contributed by atoms with E-state index in [0.29, 0.717) is 11.4 Å².